The number of halogens is 1. The summed E-state index contributed by atoms with van der Waals surface area (Å²) in [7, 11) is 2.17. The Hall–Kier alpha value is -0.315. The number of rotatable bonds is 5. The van der Waals surface area contributed by atoms with Gasteiger partial charge in [-0.05, 0) is 37.1 Å². The second-order valence-corrected chi connectivity index (χ2v) is 5.48. The largest absolute Gasteiger partial charge is 0.356 e. The summed E-state index contributed by atoms with van der Waals surface area (Å²) in [6, 6.07) is 9.72. The summed E-state index contributed by atoms with van der Waals surface area (Å²) in [6.07, 6.45) is 3.39. The lowest BCUT2D eigenvalue weighted by atomic mass is 9.87. The molecule has 0 spiro atoms. The average Bonchev–Trinajstić information content (AvgIpc) is 2.74. The van der Waals surface area contributed by atoms with Crippen molar-refractivity contribution in [2.24, 2.45) is 0 Å². The van der Waals surface area contributed by atoms with Crippen molar-refractivity contribution in [3.8, 4) is 0 Å². The zero-order valence-corrected chi connectivity index (χ0v) is 11.8. The quantitative estimate of drug-likeness (QED) is 0.815. The highest BCUT2D eigenvalue weighted by Crippen LogP contribution is 2.16. The minimum Gasteiger partial charge on any atom is -0.356 e. The summed E-state index contributed by atoms with van der Waals surface area (Å²) < 4.78 is 1.16. The van der Waals surface area contributed by atoms with E-state index >= 15 is 0 Å². The summed E-state index contributed by atoms with van der Waals surface area (Å²) in [5.74, 6) is 0. The second kappa shape index (κ2) is 6.57. The van der Waals surface area contributed by atoms with Gasteiger partial charge in [-0.25, -0.2) is 0 Å². The molecule has 1 fully saturated rings. The van der Waals surface area contributed by atoms with Gasteiger partial charge >= 0.3 is 0 Å². The molecule has 1 aliphatic rings. The Kier molecular flexibility index (Phi) is 5.07. The third kappa shape index (κ3) is 3.83. The number of hydrogen-bond acceptors (Lipinski definition) is 2. The fourth-order valence-electron chi connectivity index (χ4n) is 2.37. The van der Waals surface area contributed by atoms with Crippen molar-refractivity contribution >= 4 is 23.3 Å². The third-order valence-electron chi connectivity index (χ3n) is 3.23. The molecule has 1 radical (unpaired) electrons. The van der Waals surface area contributed by atoms with Crippen LogP contribution in [-0.2, 0) is 6.42 Å². The predicted molar refractivity (Wildman–Crippen MR) is 77.4 cm³/mol. The Morgan fingerprint density at radius 1 is 1.53 bits per heavy atom. The molecule has 1 aromatic carbocycles. The fourth-order valence-corrected chi connectivity index (χ4v) is 2.82. The summed E-state index contributed by atoms with van der Waals surface area (Å²) in [6.45, 7) is 3.28. The molecule has 0 bridgehead atoms. The molecule has 1 saturated heterocycles. The van der Waals surface area contributed by atoms with E-state index in [0.717, 1.165) is 23.8 Å². The van der Waals surface area contributed by atoms with Crippen molar-refractivity contribution in [1.82, 2.24) is 10.5 Å². The molecule has 2 unspecified atom stereocenters. The average molecular weight is 294 g/mol. The Bertz CT molecular complexity index is 359. The van der Waals surface area contributed by atoms with Gasteiger partial charge in [0, 0.05) is 16.6 Å². The Morgan fingerprint density at radius 2 is 2.41 bits per heavy atom. The van der Waals surface area contributed by atoms with Crippen molar-refractivity contribution in [2.75, 3.05) is 6.54 Å². The molecule has 0 amide bonds. The van der Waals surface area contributed by atoms with E-state index in [2.05, 4.69) is 65.1 Å². The van der Waals surface area contributed by atoms with Gasteiger partial charge in [0.25, 0.3) is 0 Å². The lowest BCUT2D eigenvalue weighted by molar-refractivity contribution is 0.510. The normalized spacial score (nSPS) is 23.9. The van der Waals surface area contributed by atoms with Crippen LogP contribution < -0.4 is 10.5 Å². The van der Waals surface area contributed by atoms with E-state index in [-0.39, 0.29) is 0 Å². The minimum atomic E-state index is 0.548. The predicted octanol–water partition coefficient (Wildman–Crippen LogP) is 2.37. The maximum atomic E-state index is 3.59. The van der Waals surface area contributed by atoms with Gasteiger partial charge < -0.3 is 10.5 Å². The van der Waals surface area contributed by atoms with Crippen molar-refractivity contribution < 1.29 is 0 Å². The van der Waals surface area contributed by atoms with Gasteiger partial charge in [-0.15, -0.1) is 0 Å². The zero-order chi connectivity index (χ0) is 12.1. The van der Waals surface area contributed by atoms with Crippen molar-refractivity contribution in [3.63, 3.8) is 0 Å². The number of benzene rings is 1. The van der Waals surface area contributed by atoms with E-state index in [9.17, 15) is 0 Å². The van der Waals surface area contributed by atoms with Crippen LogP contribution in [0.4, 0.5) is 0 Å². The first-order chi connectivity index (χ1) is 8.29. The fraction of sp³-hybridized carbons (Fsp3) is 0.538. The van der Waals surface area contributed by atoms with Crippen LogP contribution in [0, 0.1) is 0 Å². The highest BCUT2D eigenvalue weighted by Gasteiger charge is 2.25. The van der Waals surface area contributed by atoms with Crippen LogP contribution >= 0.6 is 15.9 Å². The molecule has 17 heavy (non-hydrogen) atoms. The third-order valence-corrected chi connectivity index (χ3v) is 3.72. The van der Waals surface area contributed by atoms with E-state index in [1.807, 2.05) is 0 Å². The maximum absolute atomic E-state index is 3.59. The Balaban J connectivity index is 1.93. The smallest absolute Gasteiger partial charge is 0.205 e. The molecule has 0 aliphatic carbocycles. The molecule has 4 heteroatoms. The van der Waals surface area contributed by atoms with E-state index < -0.39 is 0 Å². The molecule has 2 nitrogen and oxygen atoms in total. The van der Waals surface area contributed by atoms with E-state index in [1.54, 1.807) is 0 Å². The van der Waals surface area contributed by atoms with Crippen LogP contribution in [0.15, 0.2) is 28.7 Å². The van der Waals surface area contributed by atoms with Crippen LogP contribution in [0.3, 0.4) is 0 Å². The van der Waals surface area contributed by atoms with Crippen molar-refractivity contribution in [1.29, 1.82) is 0 Å². The van der Waals surface area contributed by atoms with Crippen LogP contribution in [0.1, 0.15) is 18.9 Å². The number of hydrogen-bond donors (Lipinski definition) is 2. The van der Waals surface area contributed by atoms with Gasteiger partial charge in [0.2, 0.25) is 7.41 Å². The molecular formula is C13H19BBrN2. The lowest BCUT2D eigenvalue weighted by Crippen LogP contribution is -2.43. The molecule has 1 aromatic rings. The summed E-state index contributed by atoms with van der Waals surface area (Å²) in [5.41, 5.74) is 1.39. The highest BCUT2D eigenvalue weighted by atomic mass is 79.9. The Morgan fingerprint density at radius 3 is 3.18 bits per heavy atom. The molecule has 2 N–H and O–H groups in total. The van der Waals surface area contributed by atoms with Crippen LogP contribution in [0.2, 0.25) is 6.32 Å². The molecular weight excluding hydrogens is 275 g/mol. The van der Waals surface area contributed by atoms with E-state index in [1.165, 1.54) is 12.0 Å². The SMILES string of the molecule is CC[B]NC1CCNC1Cc1cccc(Br)c1. The van der Waals surface area contributed by atoms with Gasteiger partial charge in [-0.3, -0.25) is 0 Å². The summed E-state index contributed by atoms with van der Waals surface area (Å²) in [4.78, 5) is 0. The topological polar surface area (TPSA) is 24.1 Å². The molecule has 2 atom stereocenters. The maximum Gasteiger partial charge on any atom is 0.205 e. The first-order valence-electron chi connectivity index (χ1n) is 6.35. The molecule has 1 heterocycles. The monoisotopic (exact) mass is 293 g/mol. The van der Waals surface area contributed by atoms with Crippen molar-refractivity contribution in [2.45, 2.75) is 38.2 Å². The standard InChI is InChI=1S/C13H19BBrN2/c1-2-14-17-12-6-7-16-13(12)9-10-4-3-5-11(15)8-10/h3-5,8,12-13,16-17H,2,6-7,9H2,1H3. The van der Waals surface area contributed by atoms with Gasteiger partial charge in [0.15, 0.2) is 0 Å². The first kappa shape index (κ1) is 13.1. The zero-order valence-electron chi connectivity index (χ0n) is 10.2. The van der Waals surface area contributed by atoms with E-state index in [0.29, 0.717) is 12.1 Å². The lowest BCUT2D eigenvalue weighted by Gasteiger charge is -2.20. The first-order valence-corrected chi connectivity index (χ1v) is 7.14. The molecule has 0 aromatic heterocycles. The Labute approximate surface area is 113 Å². The van der Waals surface area contributed by atoms with Crippen LogP contribution in [0.5, 0.6) is 0 Å². The van der Waals surface area contributed by atoms with Crippen LogP contribution in [-0.4, -0.2) is 26.0 Å². The summed E-state index contributed by atoms with van der Waals surface area (Å²) in [5, 5.41) is 7.10. The molecule has 2 rings (SSSR count). The van der Waals surface area contributed by atoms with Gasteiger partial charge in [-0.2, -0.15) is 0 Å². The van der Waals surface area contributed by atoms with Crippen LogP contribution in [0.25, 0.3) is 0 Å². The van der Waals surface area contributed by atoms with Gasteiger partial charge in [-0.1, -0.05) is 41.3 Å². The highest BCUT2D eigenvalue weighted by molar-refractivity contribution is 9.10. The van der Waals surface area contributed by atoms with Crippen molar-refractivity contribution in [3.05, 3.63) is 34.3 Å². The van der Waals surface area contributed by atoms with E-state index in [4.69, 9.17) is 0 Å². The van der Waals surface area contributed by atoms with Gasteiger partial charge in [0.05, 0.1) is 0 Å². The second-order valence-electron chi connectivity index (χ2n) is 4.57. The minimum absolute atomic E-state index is 0.548. The summed E-state index contributed by atoms with van der Waals surface area (Å²) >= 11 is 3.53. The van der Waals surface area contributed by atoms with Gasteiger partial charge in [0.1, 0.15) is 0 Å². The molecule has 1 aliphatic heterocycles. The number of nitrogens with one attached hydrogen (secondary N) is 2. The molecule has 0 saturated carbocycles. The molecule has 91 valence electrons.